The van der Waals surface area contributed by atoms with Crippen LogP contribution in [-0.4, -0.2) is 39.5 Å². The summed E-state index contributed by atoms with van der Waals surface area (Å²) in [6.07, 6.45) is 1.30. The number of nitrogens with one attached hydrogen (secondary N) is 1. The molecule has 7 heteroatoms. The molecular formula is C20H18N2O5. The zero-order valence-electron chi connectivity index (χ0n) is 14.4. The zero-order chi connectivity index (χ0) is 19.0. The number of fused-ring (bicyclic) bond motifs is 1. The number of carbonyl (C=O) groups excluding carboxylic acids is 2. The largest absolute Gasteiger partial charge is 0.504 e. The molecule has 0 spiro atoms. The summed E-state index contributed by atoms with van der Waals surface area (Å²) in [7, 11) is 0. The van der Waals surface area contributed by atoms with E-state index in [-0.39, 0.29) is 28.7 Å². The zero-order valence-corrected chi connectivity index (χ0v) is 14.4. The first kappa shape index (κ1) is 17.0. The standard InChI is InChI=1S/C20H18N2O5/c23-15-9-12-10-18(27-17(12)11-16(15)24)20(26)22-8-4-7-14(22)19(25)21-13-5-2-1-3-6-13/h1-3,5-6,9-11,14,23-24H,4,7-8H2,(H,21,25)/t14-/m0/s1. The number of amides is 2. The predicted molar refractivity (Wildman–Crippen MR) is 98.7 cm³/mol. The van der Waals surface area contributed by atoms with E-state index in [0.29, 0.717) is 24.0 Å². The Kier molecular flexibility index (Phi) is 4.19. The Morgan fingerprint density at radius 1 is 1.07 bits per heavy atom. The number of anilines is 1. The summed E-state index contributed by atoms with van der Waals surface area (Å²) in [4.78, 5) is 27.0. The first-order valence-corrected chi connectivity index (χ1v) is 8.65. The van der Waals surface area contributed by atoms with Crippen LogP contribution in [0.5, 0.6) is 11.5 Å². The van der Waals surface area contributed by atoms with Crippen molar-refractivity contribution < 1.29 is 24.2 Å². The van der Waals surface area contributed by atoms with E-state index < -0.39 is 11.9 Å². The van der Waals surface area contributed by atoms with Crippen molar-refractivity contribution in [3.63, 3.8) is 0 Å². The highest BCUT2D eigenvalue weighted by molar-refractivity contribution is 6.02. The first-order valence-electron chi connectivity index (χ1n) is 8.65. The van der Waals surface area contributed by atoms with Crippen molar-refractivity contribution in [2.45, 2.75) is 18.9 Å². The van der Waals surface area contributed by atoms with E-state index in [1.165, 1.54) is 23.1 Å². The van der Waals surface area contributed by atoms with Crippen molar-refractivity contribution in [2.24, 2.45) is 0 Å². The number of nitrogens with zero attached hydrogens (tertiary/aromatic N) is 1. The molecular weight excluding hydrogens is 348 g/mol. The van der Waals surface area contributed by atoms with E-state index in [9.17, 15) is 19.8 Å². The van der Waals surface area contributed by atoms with Crippen molar-refractivity contribution in [2.75, 3.05) is 11.9 Å². The normalized spacial score (nSPS) is 16.6. The Bertz CT molecular complexity index is 973. The summed E-state index contributed by atoms with van der Waals surface area (Å²) >= 11 is 0. The molecule has 0 unspecified atom stereocenters. The molecule has 0 bridgehead atoms. The molecule has 1 fully saturated rings. The molecule has 27 heavy (non-hydrogen) atoms. The van der Waals surface area contributed by atoms with Crippen LogP contribution in [0, 0.1) is 0 Å². The van der Waals surface area contributed by atoms with Crippen LogP contribution in [0.15, 0.2) is 52.9 Å². The summed E-state index contributed by atoms with van der Waals surface area (Å²) in [5.74, 6) is -1.18. The fourth-order valence-corrected chi connectivity index (χ4v) is 3.34. The Morgan fingerprint density at radius 2 is 1.81 bits per heavy atom. The van der Waals surface area contributed by atoms with Gasteiger partial charge in [0.1, 0.15) is 11.6 Å². The number of hydrogen-bond acceptors (Lipinski definition) is 5. The van der Waals surface area contributed by atoms with Crippen LogP contribution in [-0.2, 0) is 4.79 Å². The molecule has 0 aliphatic carbocycles. The Morgan fingerprint density at radius 3 is 2.59 bits per heavy atom. The number of carbonyl (C=O) groups is 2. The number of likely N-dealkylation sites (tertiary alicyclic amines) is 1. The van der Waals surface area contributed by atoms with Crippen LogP contribution < -0.4 is 5.32 Å². The average Bonchev–Trinajstić information content (AvgIpc) is 3.29. The Balaban J connectivity index is 1.56. The van der Waals surface area contributed by atoms with Gasteiger partial charge in [0.15, 0.2) is 17.3 Å². The molecule has 0 saturated carbocycles. The van der Waals surface area contributed by atoms with Gasteiger partial charge in [-0.05, 0) is 37.1 Å². The van der Waals surface area contributed by atoms with E-state index in [1.807, 2.05) is 18.2 Å². The van der Waals surface area contributed by atoms with E-state index in [4.69, 9.17) is 4.42 Å². The fourth-order valence-electron chi connectivity index (χ4n) is 3.34. The van der Waals surface area contributed by atoms with Crippen LogP contribution in [0.1, 0.15) is 23.4 Å². The molecule has 2 aromatic carbocycles. The molecule has 1 saturated heterocycles. The summed E-state index contributed by atoms with van der Waals surface area (Å²) in [6.45, 7) is 0.458. The minimum atomic E-state index is -0.576. The topological polar surface area (TPSA) is 103 Å². The number of benzene rings is 2. The van der Waals surface area contributed by atoms with Gasteiger partial charge in [0.05, 0.1) is 0 Å². The quantitative estimate of drug-likeness (QED) is 0.618. The van der Waals surface area contributed by atoms with E-state index in [0.717, 1.165) is 6.42 Å². The summed E-state index contributed by atoms with van der Waals surface area (Å²) < 4.78 is 5.53. The maximum Gasteiger partial charge on any atom is 0.290 e. The smallest absolute Gasteiger partial charge is 0.290 e. The number of phenols is 2. The minimum absolute atomic E-state index is 0.0643. The second-order valence-corrected chi connectivity index (χ2v) is 6.50. The van der Waals surface area contributed by atoms with E-state index in [2.05, 4.69) is 5.32 Å². The molecule has 4 rings (SSSR count). The monoisotopic (exact) mass is 366 g/mol. The van der Waals surface area contributed by atoms with Crippen LogP contribution in [0.2, 0.25) is 0 Å². The van der Waals surface area contributed by atoms with Crippen LogP contribution in [0.25, 0.3) is 11.0 Å². The van der Waals surface area contributed by atoms with Gasteiger partial charge in [-0.25, -0.2) is 0 Å². The lowest BCUT2D eigenvalue weighted by molar-refractivity contribution is -0.119. The SMILES string of the molecule is O=C(Nc1ccccc1)[C@@H]1CCCN1C(=O)c1cc2cc(O)c(O)cc2o1. The maximum absolute atomic E-state index is 12.9. The van der Waals surface area contributed by atoms with Gasteiger partial charge >= 0.3 is 0 Å². The van der Waals surface area contributed by atoms with Gasteiger partial charge < -0.3 is 24.8 Å². The van der Waals surface area contributed by atoms with Gasteiger partial charge in [-0.1, -0.05) is 18.2 Å². The van der Waals surface area contributed by atoms with Gasteiger partial charge in [-0.3, -0.25) is 9.59 Å². The Hall–Kier alpha value is -3.48. The lowest BCUT2D eigenvalue weighted by Crippen LogP contribution is -2.43. The molecule has 1 aliphatic rings. The molecule has 1 aliphatic heterocycles. The number of hydrogen-bond donors (Lipinski definition) is 3. The molecule has 0 radical (unpaired) electrons. The Labute approximate surface area is 154 Å². The van der Waals surface area contributed by atoms with Gasteiger partial charge in [-0.2, -0.15) is 0 Å². The molecule has 3 N–H and O–H groups in total. The summed E-state index contributed by atoms with van der Waals surface area (Å²) in [5.41, 5.74) is 0.967. The third-order valence-electron chi connectivity index (χ3n) is 4.68. The van der Waals surface area contributed by atoms with Crippen LogP contribution in [0.3, 0.4) is 0 Å². The van der Waals surface area contributed by atoms with Crippen molar-refractivity contribution in [1.82, 2.24) is 4.90 Å². The number of rotatable bonds is 3. The highest BCUT2D eigenvalue weighted by Crippen LogP contribution is 2.33. The van der Waals surface area contributed by atoms with Gasteiger partial charge in [-0.15, -0.1) is 0 Å². The number of aromatic hydroxyl groups is 2. The molecule has 2 heterocycles. The molecule has 1 aromatic heterocycles. The molecule has 2 amide bonds. The average molecular weight is 366 g/mol. The van der Waals surface area contributed by atoms with Crippen LogP contribution >= 0.6 is 0 Å². The van der Waals surface area contributed by atoms with Crippen molar-refractivity contribution in [3.05, 3.63) is 54.3 Å². The first-order chi connectivity index (χ1) is 13.0. The summed E-state index contributed by atoms with van der Waals surface area (Å²) in [5, 5.41) is 22.5. The van der Waals surface area contributed by atoms with Crippen LogP contribution in [0.4, 0.5) is 5.69 Å². The third kappa shape index (κ3) is 3.19. The van der Waals surface area contributed by atoms with Crippen molar-refractivity contribution in [1.29, 1.82) is 0 Å². The van der Waals surface area contributed by atoms with E-state index >= 15 is 0 Å². The lowest BCUT2D eigenvalue weighted by atomic mass is 10.2. The lowest BCUT2D eigenvalue weighted by Gasteiger charge is -2.23. The molecule has 1 atom stereocenters. The molecule has 138 valence electrons. The van der Waals surface area contributed by atoms with Gasteiger partial charge in [0.25, 0.3) is 5.91 Å². The third-order valence-corrected chi connectivity index (χ3v) is 4.68. The predicted octanol–water partition coefficient (Wildman–Crippen LogP) is 3.09. The number of para-hydroxylation sites is 1. The van der Waals surface area contributed by atoms with Gasteiger partial charge in [0.2, 0.25) is 5.91 Å². The highest BCUT2D eigenvalue weighted by atomic mass is 16.4. The highest BCUT2D eigenvalue weighted by Gasteiger charge is 2.36. The van der Waals surface area contributed by atoms with E-state index in [1.54, 1.807) is 12.1 Å². The summed E-state index contributed by atoms with van der Waals surface area (Å²) in [6, 6.07) is 12.6. The molecule has 3 aromatic rings. The fraction of sp³-hybridized carbons (Fsp3) is 0.200. The number of furan rings is 1. The second-order valence-electron chi connectivity index (χ2n) is 6.50. The minimum Gasteiger partial charge on any atom is -0.504 e. The van der Waals surface area contributed by atoms with Gasteiger partial charge in [0, 0.05) is 23.7 Å². The van der Waals surface area contributed by atoms with Crippen molar-refractivity contribution in [3.8, 4) is 11.5 Å². The maximum atomic E-state index is 12.9. The van der Waals surface area contributed by atoms with Crippen molar-refractivity contribution >= 4 is 28.5 Å². The second kappa shape index (κ2) is 6.68. The number of phenolic OH excluding ortho intramolecular Hbond substituents is 2. The molecule has 7 nitrogen and oxygen atoms in total.